The van der Waals surface area contributed by atoms with Crippen LogP contribution in [0.5, 0.6) is 5.75 Å². The van der Waals surface area contributed by atoms with E-state index in [4.69, 9.17) is 14.5 Å². The van der Waals surface area contributed by atoms with Crippen LogP contribution in [-0.2, 0) is 10.7 Å². The Kier molecular flexibility index (Phi) is 6.94. The summed E-state index contributed by atoms with van der Waals surface area (Å²) >= 11 is 0. The summed E-state index contributed by atoms with van der Waals surface area (Å²) in [6.45, 7) is 11.9. The molecule has 1 saturated heterocycles. The van der Waals surface area contributed by atoms with Crippen molar-refractivity contribution in [1.29, 1.82) is 0 Å². The quantitative estimate of drug-likeness (QED) is 0.419. The van der Waals surface area contributed by atoms with Gasteiger partial charge in [-0.15, -0.1) is 0 Å². The molecule has 1 aromatic heterocycles. The number of ether oxygens (including phenoxy) is 2. The highest BCUT2D eigenvalue weighted by molar-refractivity contribution is 5.99. The monoisotopic (exact) mass is 557 g/mol. The molecular formula is C29H34F3N5O3. The first-order chi connectivity index (χ1) is 18.7. The molecule has 3 aromatic rings. The van der Waals surface area contributed by atoms with Crippen molar-refractivity contribution in [2.45, 2.75) is 64.7 Å². The number of aliphatic hydroxyl groups is 1. The minimum Gasteiger partial charge on any atom is -0.478 e. The van der Waals surface area contributed by atoms with E-state index in [1.807, 2.05) is 26.0 Å². The lowest BCUT2D eigenvalue weighted by atomic mass is 9.91. The van der Waals surface area contributed by atoms with Crippen LogP contribution in [0.2, 0.25) is 0 Å². The standard InChI is InChI=1S/C29H34F3N5O3/c1-16(18-8-7-9-20(24(18)30)29(31,32)28(5,6)38)33-25-19-14-22-23(15-21(19)34-17(2)35-25)40-27(3,4)26(36-22)37-10-12-39-13-11-37/h7-9,14-16,38H,10-13H2,1-6H3,(H,33,34,35)/t16-/m1/s1. The van der Waals surface area contributed by atoms with Gasteiger partial charge in [0.05, 0.1) is 30.3 Å². The fraction of sp³-hybridized carbons (Fsp3) is 0.483. The molecule has 0 unspecified atom stereocenters. The van der Waals surface area contributed by atoms with Crippen molar-refractivity contribution >= 4 is 28.2 Å². The van der Waals surface area contributed by atoms with Gasteiger partial charge in [-0.05, 0) is 53.7 Å². The minimum absolute atomic E-state index is 0.0153. The molecule has 5 rings (SSSR count). The number of amidine groups is 1. The Morgan fingerprint density at radius 3 is 2.50 bits per heavy atom. The van der Waals surface area contributed by atoms with Crippen molar-refractivity contribution in [2.75, 3.05) is 31.6 Å². The largest absolute Gasteiger partial charge is 0.478 e. The van der Waals surface area contributed by atoms with Crippen LogP contribution in [0.15, 0.2) is 35.3 Å². The molecule has 2 N–H and O–H groups in total. The number of aliphatic imine (C=N–C) groups is 1. The fourth-order valence-corrected chi connectivity index (χ4v) is 5.08. The number of benzene rings is 2. The molecule has 0 saturated carbocycles. The predicted molar refractivity (Wildman–Crippen MR) is 147 cm³/mol. The molecular weight excluding hydrogens is 523 g/mol. The van der Waals surface area contributed by atoms with Crippen LogP contribution in [0, 0.1) is 12.7 Å². The fourth-order valence-electron chi connectivity index (χ4n) is 5.08. The molecule has 1 fully saturated rings. The number of fused-ring (bicyclic) bond motifs is 2. The molecule has 40 heavy (non-hydrogen) atoms. The second-order valence-corrected chi connectivity index (χ2v) is 11.3. The Bertz CT molecular complexity index is 1480. The SMILES string of the molecule is Cc1nc(N[C@H](C)c2cccc(C(F)(F)C(C)(C)O)c2F)c2cc3c(cc2n1)OC(C)(C)C(N1CCOCC1)=N3. The number of halogens is 3. The smallest absolute Gasteiger partial charge is 0.303 e. The van der Waals surface area contributed by atoms with Gasteiger partial charge >= 0.3 is 5.92 Å². The molecule has 214 valence electrons. The van der Waals surface area contributed by atoms with E-state index in [0.717, 1.165) is 25.7 Å². The van der Waals surface area contributed by atoms with Crippen molar-refractivity contribution in [1.82, 2.24) is 14.9 Å². The first kappa shape index (κ1) is 28.1. The van der Waals surface area contributed by atoms with Crippen LogP contribution in [0.4, 0.5) is 24.7 Å². The summed E-state index contributed by atoms with van der Waals surface area (Å²) in [6, 6.07) is 6.67. The lowest BCUT2D eigenvalue weighted by Crippen LogP contribution is -2.53. The maximum absolute atomic E-state index is 15.5. The van der Waals surface area contributed by atoms with E-state index in [1.165, 1.54) is 12.1 Å². The highest BCUT2D eigenvalue weighted by atomic mass is 19.3. The van der Waals surface area contributed by atoms with Crippen LogP contribution < -0.4 is 10.1 Å². The van der Waals surface area contributed by atoms with Crippen molar-refractivity contribution in [2.24, 2.45) is 4.99 Å². The maximum Gasteiger partial charge on any atom is 0.303 e. The molecule has 3 heterocycles. The van der Waals surface area contributed by atoms with Gasteiger partial charge in [-0.1, -0.05) is 12.1 Å². The van der Waals surface area contributed by atoms with Gasteiger partial charge in [0, 0.05) is 30.1 Å². The van der Waals surface area contributed by atoms with Gasteiger partial charge in [0.15, 0.2) is 5.60 Å². The number of hydrogen-bond donors (Lipinski definition) is 2. The molecule has 2 aliphatic heterocycles. The van der Waals surface area contributed by atoms with Crippen molar-refractivity contribution in [3.63, 3.8) is 0 Å². The van der Waals surface area contributed by atoms with E-state index in [9.17, 15) is 13.9 Å². The number of nitrogens with one attached hydrogen (secondary N) is 1. The molecule has 0 bridgehead atoms. The number of aromatic nitrogens is 2. The van der Waals surface area contributed by atoms with E-state index < -0.39 is 34.5 Å². The van der Waals surface area contributed by atoms with Gasteiger partial charge in [-0.3, -0.25) is 0 Å². The van der Waals surface area contributed by atoms with Crippen LogP contribution in [0.1, 0.15) is 57.6 Å². The van der Waals surface area contributed by atoms with Gasteiger partial charge in [-0.25, -0.2) is 19.4 Å². The topological polar surface area (TPSA) is 92.1 Å². The molecule has 2 aromatic carbocycles. The van der Waals surface area contributed by atoms with E-state index in [0.29, 0.717) is 60.3 Å². The highest BCUT2D eigenvalue weighted by Gasteiger charge is 2.49. The lowest BCUT2D eigenvalue weighted by molar-refractivity contribution is -0.170. The second kappa shape index (κ2) is 9.88. The minimum atomic E-state index is -3.80. The normalized spacial score (nSPS) is 18.1. The van der Waals surface area contributed by atoms with E-state index in [1.54, 1.807) is 13.8 Å². The predicted octanol–water partition coefficient (Wildman–Crippen LogP) is 5.65. The zero-order valence-electron chi connectivity index (χ0n) is 23.5. The van der Waals surface area contributed by atoms with Crippen molar-refractivity contribution in [3.8, 4) is 5.75 Å². The average Bonchev–Trinajstić information content (AvgIpc) is 2.86. The molecule has 8 nitrogen and oxygen atoms in total. The molecule has 2 aliphatic rings. The van der Waals surface area contributed by atoms with Gasteiger partial charge in [-0.2, -0.15) is 8.78 Å². The summed E-state index contributed by atoms with van der Waals surface area (Å²) in [5.41, 5.74) is -2.75. The van der Waals surface area contributed by atoms with Gasteiger partial charge in [0.25, 0.3) is 0 Å². The van der Waals surface area contributed by atoms with Crippen LogP contribution in [0.3, 0.4) is 0 Å². The summed E-state index contributed by atoms with van der Waals surface area (Å²) in [7, 11) is 0. The van der Waals surface area contributed by atoms with E-state index in [-0.39, 0.29) is 5.56 Å². The Morgan fingerprint density at radius 2 is 1.82 bits per heavy atom. The van der Waals surface area contributed by atoms with Crippen LogP contribution >= 0.6 is 0 Å². The lowest BCUT2D eigenvalue weighted by Gasteiger charge is -2.40. The average molecular weight is 558 g/mol. The number of alkyl halides is 2. The molecule has 0 amide bonds. The third-order valence-electron chi connectivity index (χ3n) is 7.28. The van der Waals surface area contributed by atoms with E-state index >= 15 is 4.39 Å². The third-order valence-corrected chi connectivity index (χ3v) is 7.28. The molecule has 11 heteroatoms. The number of rotatable bonds is 5. The maximum atomic E-state index is 15.5. The zero-order chi connectivity index (χ0) is 29.0. The first-order valence-electron chi connectivity index (χ1n) is 13.3. The Balaban J connectivity index is 1.54. The molecule has 0 aliphatic carbocycles. The number of nitrogens with zero attached hydrogens (tertiary/aromatic N) is 4. The van der Waals surface area contributed by atoms with Gasteiger partial charge in [0.2, 0.25) is 0 Å². The summed E-state index contributed by atoms with van der Waals surface area (Å²) < 4.78 is 57.1. The van der Waals surface area contributed by atoms with E-state index in [2.05, 4.69) is 20.2 Å². The summed E-state index contributed by atoms with van der Waals surface area (Å²) in [4.78, 5) is 16.2. The van der Waals surface area contributed by atoms with Gasteiger partial charge in [0.1, 0.15) is 40.3 Å². The highest BCUT2D eigenvalue weighted by Crippen LogP contribution is 2.43. The molecule has 1 atom stereocenters. The zero-order valence-corrected chi connectivity index (χ0v) is 23.5. The second-order valence-electron chi connectivity index (χ2n) is 11.3. The third kappa shape index (κ3) is 4.96. The number of morpholine rings is 1. The van der Waals surface area contributed by atoms with Crippen LogP contribution in [0.25, 0.3) is 10.9 Å². The Labute approximate surface area is 231 Å². The van der Waals surface area contributed by atoms with Gasteiger partial charge < -0.3 is 24.8 Å². The Hall–Kier alpha value is -3.44. The number of hydrogen-bond acceptors (Lipinski definition) is 8. The molecule has 0 radical (unpaired) electrons. The first-order valence-corrected chi connectivity index (χ1v) is 13.3. The van der Waals surface area contributed by atoms with Crippen molar-refractivity contribution in [3.05, 3.63) is 53.1 Å². The van der Waals surface area contributed by atoms with Crippen molar-refractivity contribution < 1.29 is 27.8 Å². The molecule has 0 spiro atoms. The summed E-state index contributed by atoms with van der Waals surface area (Å²) in [5.74, 6) is -2.63. The number of anilines is 1. The number of aryl methyl sites for hydroxylation is 1. The summed E-state index contributed by atoms with van der Waals surface area (Å²) in [5, 5.41) is 13.8. The van der Waals surface area contributed by atoms with Crippen LogP contribution in [-0.4, -0.2) is 63.3 Å². The summed E-state index contributed by atoms with van der Waals surface area (Å²) in [6.07, 6.45) is 0. The Morgan fingerprint density at radius 1 is 1.12 bits per heavy atom.